The van der Waals surface area contributed by atoms with Crippen LogP contribution < -0.4 is 5.32 Å². The first-order valence-corrected chi connectivity index (χ1v) is 5.45. The molecule has 2 rings (SSSR count). The second-order valence-electron chi connectivity index (χ2n) is 3.82. The highest BCUT2D eigenvalue weighted by Gasteiger charge is 2.02. The van der Waals surface area contributed by atoms with E-state index in [0.717, 1.165) is 6.54 Å². The van der Waals surface area contributed by atoms with Gasteiger partial charge in [0.2, 0.25) is 0 Å². The fraction of sp³-hybridized carbons (Fsp3) is 0.385. The SMILES string of the molecule is C(=C1\CCCCCN1)/c1ccccc1. The molecule has 0 radical (unpaired) electrons. The van der Waals surface area contributed by atoms with Crippen LogP contribution in [0.1, 0.15) is 31.2 Å². The van der Waals surface area contributed by atoms with E-state index in [4.69, 9.17) is 0 Å². The molecule has 1 aliphatic rings. The number of hydrogen-bond acceptors (Lipinski definition) is 1. The van der Waals surface area contributed by atoms with Crippen molar-refractivity contribution in [2.24, 2.45) is 0 Å². The van der Waals surface area contributed by atoms with E-state index >= 15 is 0 Å². The van der Waals surface area contributed by atoms with Crippen molar-refractivity contribution in [1.29, 1.82) is 0 Å². The van der Waals surface area contributed by atoms with Crippen molar-refractivity contribution < 1.29 is 0 Å². The van der Waals surface area contributed by atoms with Crippen molar-refractivity contribution in [2.75, 3.05) is 6.54 Å². The summed E-state index contributed by atoms with van der Waals surface area (Å²) in [5.74, 6) is 0. The number of rotatable bonds is 1. The standard InChI is InChI=1S/C13H17N/c1-3-7-12(8-4-1)11-13-9-5-2-6-10-14-13/h1,3-4,7-8,11,14H,2,5-6,9-10H2/b13-11-. The van der Waals surface area contributed by atoms with Gasteiger partial charge in [0.25, 0.3) is 0 Å². The van der Waals surface area contributed by atoms with Crippen molar-refractivity contribution in [3.05, 3.63) is 41.6 Å². The molecule has 14 heavy (non-hydrogen) atoms. The first kappa shape index (κ1) is 9.32. The van der Waals surface area contributed by atoms with E-state index in [1.54, 1.807) is 0 Å². The Bertz CT molecular complexity index is 290. The van der Waals surface area contributed by atoms with Gasteiger partial charge >= 0.3 is 0 Å². The largest absolute Gasteiger partial charge is 0.388 e. The molecule has 0 spiro atoms. The quantitative estimate of drug-likeness (QED) is 0.712. The van der Waals surface area contributed by atoms with Gasteiger partial charge in [-0.2, -0.15) is 0 Å². The molecule has 0 aliphatic carbocycles. The maximum Gasteiger partial charge on any atom is 0.0143 e. The van der Waals surface area contributed by atoms with Gasteiger partial charge in [-0.25, -0.2) is 0 Å². The Morgan fingerprint density at radius 2 is 1.86 bits per heavy atom. The Hall–Kier alpha value is -1.24. The van der Waals surface area contributed by atoms with Crippen LogP contribution in [-0.4, -0.2) is 6.54 Å². The van der Waals surface area contributed by atoms with Crippen LogP contribution in [0.3, 0.4) is 0 Å². The molecule has 74 valence electrons. The minimum absolute atomic E-state index is 1.14. The molecule has 0 atom stereocenters. The molecule has 1 nitrogen and oxygen atoms in total. The van der Waals surface area contributed by atoms with Gasteiger partial charge in [0.05, 0.1) is 0 Å². The van der Waals surface area contributed by atoms with Crippen molar-refractivity contribution in [1.82, 2.24) is 5.32 Å². The molecule has 1 N–H and O–H groups in total. The topological polar surface area (TPSA) is 12.0 Å². The fourth-order valence-corrected chi connectivity index (χ4v) is 1.83. The second-order valence-corrected chi connectivity index (χ2v) is 3.82. The van der Waals surface area contributed by atoms with Crippen LogP contribution in [0.15, 0.2) is 36.0 Å². The van der Waals surface area contributed by atoms with Gasteiger partial charge in [-0.1, -0.05) is 36.8 Å². The Morgan fingerprint density at radius 1 is 1.00 bits per heavy atom. The summed E-state index contributed by atoms with van der Waals surface area (Å²) in [7, 11) is 0. The minimum Gasteiger partial charge on any atom is -0.388 e. The Labute approximate surface area is 85.8 Å². The normalized spacial score (nSPS) is 20.1. The molecular formula is C13H17N. The van der Waals surface area contributed by atoms with Crippen molar-refractivity contribution in [3.8, 4) is 0 Å². The molecule has 0 aromatic heterocycles. The molecule has 1 aromatic carbocycles. The van der Waals surface area contributed by atoms with E-state index < -0.39 is 0 Å². The first-order chi connectivity index (χ1) is 6.95. The number of allylic oxidation sites excluding steroid dienone is 1. The predicted molar refractivity (Wildman–Crippen MR) is 60.9 cm³/mol. The summed E-state index contributed by atoms with van der Waals surface area (Å²) >= 11 is 0. The first-order valence-electron chi connectivity index (χ1n) is 5.45. The van der Waals surface area contributed by atoms with Gasteiger partial charge < -0.3 is 5.32 Å². The van der Waals surface area contributed by atoms with Crippen LogP contribution in [0.2, 0.25) is 0 Å². The number of benzene rings is 1. The van der Waals surface area contributed by atoms with Crippen LogP contribution in [-0.2, 0) is 0 Å². The van der Waals surface area contributed by atoms with Crippen molar-refractivity contribution >= 4 is 6.08 Å². The second kappa shape index (κ2) is 4.85. The summed E-state index contributed by atoms with van der Waals surface area (Å²) in [6.07, 6.45) is 7.47. The zero-order chi connectivity index (χ0) is 9.64. The van der Waals surface area contributed by atoms with Crippen molar-refractivity contribution in [2.45, 2.75) is 25.7 Å². The molecule has 0 unspecified atom stereocenters. The van der Waals surface area contributed by atoms with Crippen LogP contribution in [0.4, 0.5) is 0 Å². The van der Waals surface area contributed by atoms with Gasteiger partial charge in [-0.3, -0.25) is 0 Å². The van der Waals surface area contributed by atoms with Crippen molar-refractivity contribution in [3.63, 3.8) is 0 Å². The van der Waals surface area contributed by atoms with E-state index in [1.807, 2.05) is 0 Å². The zero-order valence-electron chi connectivity index (χ0n) is 8.50. The Kier molecular flexibility index (Phi) is 3.23. The molecule has 1 heteroatoms. The fourth-order valence-electron chi connectivity index (χ4n) is 1.83. The molecule has 1 aliphatic heterocycles. The van der Waals surface area contributed by atoms with Gasteiger partial charge in [0.15, 0.2) is 0 Å². The van der Waals surface area contributed by atoms with Gasteiger partial charge in [-0.05, 0) is 30.9 Å². The predicted octanol–water partition coefficient (Wildman–Crippen LogP) is 3.19. The average Bonchev–Trinajstić information content (AvgIpc) is 2.48. The lowest BCUT2D eigenvalue weighted by molar-refractivity contribution is 0.721. The molecule has 0 bridgehead atoms. The zero-order valence-corrected chi connectivity index (χ0v) is 8.50. The lowest BCUT2D eigenvalue weighted by Crippen LogP contribution is -2.11. The van der Waals surface area contributed by atoms with E-state index in [-0.39, 0.29) is 0 Å². The summed E-state index contributed by atoms with van der Waals surface area (Å²) in [5, 5.41) is 3.49. The summed E-state index contributed by atoms with van der Waals surface area (Å²) < 4.78 is 0. The summed E-state index contributed by atoms with van der Waals surface area (Å²) in [6.45, 7) is 1.14. The molecule has 1 aromatic rings. The van der Waals surface area contributed by atoms with Gasteiger partial charge in [-0.15, -0.1) is 0 Å². The summed E-state index contributed by atoms with van der Waals surface area (Å²) in [5.41, 5.74) is 2.70. The average molecular weight is 187 g/mol. The molecule has 1 fully saturated rings. The van der Waals surface area contributed by atoms with E-state index in [0.29, 0.717) is 0 Å². The smallest absolute Gasteiger partial charge is 0.0143 e. The van der Waals surface area contributed by atoms with Gasteiger partial charge in [0, 0.05) is 12.2 Å². The van der Waals surface area contributed by atoms with E-state index in [1.165, 1.54) is 36.9 Å². The maximum atomic E-state index is 3.49. The lowest BCUT2D eigenvalue weighted by Gasteiger charge is -2.05. The van der Waals surface area contributed by atoms with Crippen LogP contribution >= 0.6 is 0 Å². The van der Waals surface area contributed by atoms with Crippen LogP contribution in [0.5, 0.6) is 0 Å². The van der Waals surface area contributed by atoms with E-state index in [2.05, 4.69) is 41.7 Å². The lowest BCUT2D eigenvalue weighted by atomic mass is 10.1. The summed E-state index contributed by atoms with van der Waals surface area (Å²) in [6, 6.07) is 10.5. The minimum atomic E-state index is 1.14. The maximum absolute atomic E-state index is 3.49. The van der Waals surface area contributed by atoms with Gasteiger partial charge in [0.1, 0.15) is 0 Å². The Morgan fingerprint density at radius 3 is 2.71 bits per heavy atom. The molecule has 1 heterocycles. The third kappa shape index (κ3) is 2.63. The highest BCUT2D eigenvalue weighted by atomic mass is 14.9. The molecule has 0 saturated carbocycles. The molecular weight excluding hydrogens is 170 g/mol. The third-order valence-corrected chi connectivity index (χ3v) is 2.62. The Balaban J connectivity index is 2.09. The van der Waals surface area contributed by atoms with Crippen LogP contribution in [0.25, 0.3) is 6.08 Å². The molecule has 1 saturated heterocycles. The number of nitrogens with one attached hydrogen (secondary N) is 1. The monoisotopic (exact) mass is 187 g/mol. The highest BCUT2D eigenvalue weighted by molar-refractivity contribution is 5.52. The van der Waals surface area contributed by atoms with E-state index in [9.17, 15) is 0 Å². The summed E-state index contributed by atoms with van der Waals surface area (Å²) in [4.78, 5) is 0. The number of hydrogen-bond donors (Lipinski definition) is 1. The third-order valence-electron chi connectivity index (χ3n) is 2.62. The highest BCUT2D eigenvalue weighted by Crippen LogP contribution is 2.14. The van der Waals surface area contributed by atoms with Crippen LogP contribution in [0, 0.1) is 0 Å². The molecule has 0 amide bonds.